The van der Waals surface area contributed by atoms with E-state index < -0.39 is 17.4 Å². The van der Waals surface area contributed by atoms with Gasteiger partial charge in [-0.2, -0.15) is 5.10 Å². The van der Waals surface area contributed by atoms with Crippen LogP contribution in [-0.4, -0.2) is 31.7 Å². The lowest BCUT2D eigenvalue weighted by Crippen LogP contribution is -2.49. The van der Waals surface area contributed by atoms with E-state index in [1.807, 2.05) is 0 Å². The van der Waals surface area contributed by atoms with Crippen molar-refractivity contribution in [2.45, 2.75) is 64.8 Å². The fraction of sp³-hybridized carbons (Fsp3) is 0.524. The van der Waals surface area contributed by atoms with Crippen LogP contribution >= 0.6 is 0 Å². The molecule has 2 unspecified atom stereocenters. The van der Waals surface area contributed by atoms with Gasteiger partial charge in [-0.25, -0.2) is 14.5 Å². The molecule has 1 aromatic heterocycles. The molecule has 0 radical (unpaired) electrons. The van der Waals surface area contributed by atoms with E-state index in [2.05, 4.69) is 21.5 Å². The van der Waals surface area contributed by atoms with Crippen molar-refractivity contribution in [2.75, 3.05) is 5.32 Å². The molecule has 2 N–H and O–H groups in total. The standard InChI is InChI=1S/C21H26N4O3/c1-12(21(3,20(27)28)25-11-22-13(2)24-25)19(26)23-18-16-8-4-6-14(16)10-15-7-5-9-17(15)18/h10-12H,4-9H2,1-3H3,(H,23,26)(H,27,28). The smallest absolute Gasteiger partial charge is 0.332 e. The first-order valence-electron chi connectivity index (χ1n) is 9.92. The fourth-order valence-electron chi connectivity index (χ4n) is 4.51. The molecule has 2 aromatic rings. The second-order valence-electron chi connectivity index (χ2n) is 8.13. The number of aliphatic carboxylic acids is 1. The van der Waals surface area contributed by atoms with Crippen molar-refractivity contribution in [3.05, 3.63) is 40.5 Å². The Labute approximate surface area is 164 Å². The van der Waals surface area contributed by atoms with Gasteiger partial charge >= 0.3 is 5.97 Å². The van der Waals surface area contributed by atoms with Crippen LogP contribution in [0.4, 0.5) is 5.69 Å². The summed E-state index contributed by atoms with van der Waals surface area (Å²) >= 11 is 0. The molecule has 0 fully saturated rings. The molecule has 0 aliphatic heterocycles. The lowest BCUT2D eigenvalue weighted by atomic mass is 9.86. The number of hydrogen-bond donors (Lipinski definition) is 2. The highest BCUT2D eigenvalue weighted by Crippen LogP contribution is 2.39. The number of nitrogens with one attached hydrogen (secondary N) is 1. The van der Waals surface area contributed by atoms with Crippen LogP contribution in [0.25, 0.3) is 0 Å². The highest BCUT2D eigenvalue weighted by Gasteiger charge is 2.46. The molecular formula is C21H26N4O3. The number of carboxylic acids is 1. The van der Waals surface area contributed by atoms with E-state index in [-0.39, 0.29) is 5.91 Å². The molecule has 1 heterocycles. The van der Waals surface area contributed by atoms with E-state index in [1.54, 1.807) is 13.8 Å². The molecule has 7 nitrogen and oxygen atoms in total. The van der Waals surface area contributed by atoms with Gasteiger partial charge in [-0.1, -0.05) is 13.0 Å². The summed E-state index contributed by atoms with van der Waals surface area (Å²) in [4.78, 5) is 29.4. The number of carboxylic acid groups (broad SMARTS) is 1. The van der Waals surface area contributed by atoms with Gasteiger partial charge in [0, 0.05) is 5.69 Å². The maximum atomic E-state index is 13.2. The van der Waals surface area contributed by atoms with Gasteiger partial charge in [0.25, 0.3) is 0 Å². The van der Waals surface area contributed by atoms with Crippen LogP contribution in [-0.2, 0) is 40.8 Å². The van der Waals surface area contributed by atoms with Crippen LogP contribution in [0.1, 0.15) is 54.8 Å². The fourth-order valence-corrected chi connectivity index (χ4v) is 4.51. The van der Waals surface area contributed by atoms with E-state index in [9.17, 15) is 14.7 Å². The number of carbonyl (C=O) groups excluding carboxylic acids is 1. The minimum absolute atomic E-state index is 0.299. The number of carbonyl (C=O) groups is 2. The van der Waals surface area contributed by atoms with Gasteiger partial charge in [0.15, 0.2) is 5.54 Å². The van der Waals surface area contributed by atoms with Crippen molar-refractivity contribution in [2.24, 2.45) is 5.92 Å². The number of anilines is 1. The van der Waals surface area contributed by atoms with Crippen LogP contribution in [0.5, 0.6) is 0 Å². The predicted molar refractivity (Wildman–Crippen MR) is 104 cm³/mol. The third kappa shape index (κ3) is 2.80. The molecule has 1 aromatic carbocycles. The molecule has 148 valence electrons. The Bertz CT molecular complexity index is 933. The lowest BCUT2D eigenvalue weighted by molar-refractivity contribution is -0.152. The van der Waals surface area contributed by atoms with Gasteiger partial charge in [0.05, 0.1) is 5.92 Å². The summed E-state index contributed by atoms with van der Waals surface area (Å²) in [7, 11) is 0. The first-order chi connectivity index (χ1) is 13.3. The Kier molecular flexibility index (Phi) is 4.48. The molecule has 7 heteroatoms. The largest absolute Gasteiger partial charge is 0.479 e. The van der Waals surface area contributed by atoms with E-state index in [4.69, 9.17) is 0 Å². The maximum Gasteiger partial charge on any atom is 0.332 e. The van der Waals surface area contributed by atoms with Crippen molar-refractivity contribution in [1.29, 1.82) is 0 Å². The molecule has 28 heavy (non-hydrogen) atoms. The Morgan fingerprint density at radius 3 is 2.29 bits per heavy atom. The zero-order valence-electron chi connectivity index (χ0n) is 16.6. The second kappa shape index (κ2) is 6.72. The van der Waals surface area contributed by atoms with E-state index in [0.29, 0.717) is 5.82 Å². The van der Waals surface area contributed by atoms with Gasteiger partial charge < -0.3 is 10.4 Å². The minimum Gasteiger partial charge on any atom is -0.479 e. The topological polar surface area (TPSA) is 97.1 Å². The molecule has 0 spiro atoms. The second-order valence-corrected chi connectivity index (χ2v) is 8.13. The summed E-state index contributed by atoms with van der Waals surface area (Å²) in [6.07, 6.45) is 7.60. The summed E-state index contributed by atoms with van der Waals surface area (Å²) in [6.45, 7) is 4.86. The van der Waals surface area contributed by atoms with E-state index in [1.165, 1.54) is 40.2 Å². The van der Waals surface area contributed by atoms with Crippen LogP contribution < -0.4 is 5.32 Å². The monoisotopic (exact) mass is 382 g/mol. The number of aryl methyl sites for hydroxylation is 3. The van der Waals surface area contributed by atoms with Crippen molar-refractivity contribution in [1.82, 2.24) is 14.8 Å². The van der Waals surface area contributed by atoms with Crippen molar-refractivity contribution >= 4 is 17.6 Å². The Balaban J connectivity index is 1.68. The van der Waals surface area contributed by atoms with Gasteiger partial charge in [-0.3, -0.25) is 4.79 Å². The molecule has 0 bridgehead atoms. The molecule has 2 aliphatic rings. The quantitative estimate of drug-likeness (QED) is 0.829. The molecule has 4 rings (SSSR count). The predicted octanol–water partition coefficient (Wildman–Crippen LogP) is 2.64. The normalized spacial score (nSPS) is 18.2. The SMILES string of the molecule is Cc1ncn(C(C)(C(=O)O)C(C)C(=O)Nc2c3c(cc4c2CCC4)CCC3)n1. The third-order valence-corrected chi connectivity index (χ3v) is 6.47. The summed E-state index contributed by atoms with van der Waals surface area (Å²) in [5, 5.41) is 17.2. The van der Waals surface area contributed by atoms with Gasteiger partial charge in [0.2, 0.25) is 5.91 Å². The zero-order valence-corrected chi connectivity index (χ0v) is 16.6. The van der Waals surface area contributed by atoms with Gasteiger partial charge in [0.1, 0.15) is 12.2 Å². The number of benzene rings is 1. The number of nitrogens with zero attached hydrogens (tertiary/aromatic N) is 3. The van der Waals surface area contributed by atoms with Crippen LogP contribution in [0.15, 0.2) is 12.4 Å². The highest BCUT2D eigenvalue weighted by atomic mass is 16.4. The first kappa shape index (κ1) is 18.7. The summed E-state index contributed by atoms with van der Waals surface area (Å²) < 4.78 is 1.29. The van der Waals surface area contributed by atoms with Crippen LogP contribution in [0, 0.1) is 12.8 Å². The molecule has 0 saturated heterocycles. The average Bonchev–Trinajstić information content (AvgIpc) is 3.40. The molecule has 0 saturated carbocycles. The average molecular weight is 382 g/mol. The summed E-state index contributed by atoms with van der Waals surface area (Å²) in [5.41, 5.74) is 4.53. The van der Waals surface area contributed by atoms with Gasteiger partial charge in [-0.05, 0) is 74.6 Å². The van der Waals surface area contributed by atoms with Crippen molar-refractivity contribution in [3.63, 3.8) is 0 Å². The number of rotatable bonds is 5. The number of fused-ring (bicyclic) bond motifs is 2. The number of amides is 1. The summed E-state index contributed by atoms with van der Waals surface area (Å²) in [5.74, 6) is -1.77. The van der Waals surface area contributed by atoms with Crippen molar-refractivity contribution < 1.29 is 14.7 Å². The number of hydrogen-bond acceptors (Lipinski definition) is 4. The zero-order chi connectivity index (χ0) is 20.1. The van der Waals surface area contributed by atoms with Gasteiger partial charge in [-0.15, -0.1) is 0 Å². The van der Waals surface area contributed by atoms with E-state index >= 15 is 0 Å². The molecular weight excluding hydrogens is 356 g/mol. The Morgan fingerprint density at radius 1 is 1.18 bits per heavy atom. The molecule has 1 amide bonds. The first-order valence-corrected chi connectivity index (χ1v) is 9.92. The van der Waals surface area contributed by atoms with Crippen LogP contribution in [0.3, 0.4) is 0 Å². The molecule has 2 atom stereocenters. The number of aromatic nitrogens is 3. The molecule has 2 aliphatic carbocycles. The lowest BCUT2D eigenvalue weighted by Gasteiger charge is -2.31. The minimum atomic E-state index is -1.52. The Morgan fingerprint density at radius 2 is 1.79 bits per heavy atom. The van der Waals surface area contributed by atoms with E-state index in [0.717, 1.165) is 44.2 Å². The highest BCUT2D eigenvalue weighted by molar-refractivity contribution is 5.98. The Hall–Kier alpha value is -2.70. The summed E-state index contributed by atoms with van der Waals surface area (Å²) in [6, 6.07) is 2.31. The van der Waals surface area contributed by atoms with Crippen molar-refractivity contribution in [3.8, 4) is 0 Å². The van der Waals surface area contributed by atoms with Crippen LogP contribution in [0.2, 0.25) is 0 Å². The maximum absolute atomic E-state index is 13.2. The third-order valence-electron chi connectivity index (χ3n) is 6.47.